The zero-order valence-corrected chi connectivity index (χ0v) is 15.0. The summed E-state index contributed by atoms with van der Waals surface area (Å²) in [5.41, 5.74) is 4.59. The van der Waals surface area contributed by atoms with Gasteiger partial charge in [-0.05, 0) is 42.7 Å². The van der Waals surface area contributed by atoms with Crippen LogP contribution in [0.4, 0.5) is 0 Å². The zero-order valence-electron chi connectivity index (χ0n) is 15.0. The number of hydrogen-bond donors (Lipinski definition) is 1. The Bertz CT molecular complexity index is 1040. The van der Waals surface area contributed by atoms with Crippen molar-refractivity contribution >= 4 is 22.6 Å². The summed E-state index contributed by atoms with van der Waals surface area (Å²) in [6.45, 7) is 0.511. The lowest BCUT2D eigenvalue weighted by Crippen LogP contribution is -2.25. The SMILES string of the molecule is O=C(NCC1=CC=CCC=C1)c1ccc2c(c1)ncn2C1=CCC=CC=C1. The zero-order chi connectivity index (χ0) is 18.5. The molecule has 0 aliphatic heterocycles. The van der Waals surface area contributed by atoms with Gasteiger partial charge in [0.2, 0.25) is 0 Å². The first kappa shape index (κ1) is 17.0. The standard InChI is InChI=1S/C23H21N3O/c27-23(24-16-18-9-5-1-2-6-10-18)19-13-14-22-21(15-19)25-17-26(22)20-11-7-3-4-8-12-20/h1,3-7,9-15,17H,2,8,16H2,(H,24,27). The summed E-state index contributed by atoms with van der Waals surface area (Å²) in [6, 6.07) is 5.65. The van der Waals surface area contributed by atoms with Gasteiger partial charge in [0.1, 0.15) is 6.33 Å². The molecule has 0 radical (unpaired) electrons. The van der Waals surface area contributed by atoms with E-state index >= 15 is 0 Å². The second-order valence-electron chi connectivity index (χ2n) is 6.46. The lowest BCUT2D eigenvalue weighted by atomic mass is 10.1. The predicted molar refractivity (Wildman–Crippen MR) is 110 cm³/mol. The van der Waals surface area contributed by atoms with Gasteiger partial charge in [0.15, 0.2) is 0 Å². The molecule has 0 atom stereocenters. The van der Waals surface area contributed by atoms with Crippen LogP contribution in [0.3, 0.4) is 0 Å². The summed E-state index contributed by atoms with van der Waals surface area (Å²) < 4.78 is 2.05. The molecule has 1 aromatic carbocycles. The molecule has 0 unspecified atom stereocenters. The summed E-state index contributed by atoms with van der Waals surface area (Å²) in [5, 5.41) is 2.98. The number of nitrogens with zero attached hydrogens (tertiary/aromatic N) is 2. The minimum Gasteiger partial charge on any atom is -0.348 e. The molecule has 1 amide bonds. The van der Waals surface area contributed by atoms with E-state index < -0.39 is 0 Å². The fourth-order valence-corrected chi connectivity index (χ4v) is 3.13. The Balaban J connectivity index is 1.52. The average Bonchev–Trinajstić information content (AvgIpc) is 2.89. The molecule has 1 N–H and O–H groups in total. The number of rotatable bonds is 4. The lowest BCUT2D eigenvalue weighted by Gasteiger charge is -2.07. The molecule has 1 heterocycles. The van der Waals surface area contributed by atoms with E-state index in [0.717, 1.165) is 35.1 Å². The third kappa shape index (κ3) is 3.90. The van der Waals surface area contributed by atoms with E-state index in [1.54, 1.807) is 6.33 Å². The highest BCUT2D eigenvalue weighted by Crippen LogP contribution is 2.21. The molecule has 0 spiro atoms. The van der Waals surface area contributed by atoms with E-state index in [1.165, 1.54) is 0 Å². The highest BCUT2D eigenvalue weighted by molar-refractivity contribution is 5.98. The Hall–Kier alpha value is -3.40. The van der Waals surface area contributed by atoms with Gasteiger partial charge < -0.3 is 5.32 Å². The Kier molecular flexibility index (Phi) is 4.97. The van der Waals surface area contributed by atoms with Crippen LogP contribution in [0.15, 0.2) is 90.9 Å². The van der Waals surface area contributed by atoms with Crippen LogP contribution in [-0.4, -0.2) is 22.0 Å². The first-order valence-corrected chi connectivity index (χ1v) is 9.12. The van der Waals surface area contributed by atoms with Crippen LogP contribution in [-0.2, 0) is 0 Å². The second-order valence-corrected chi connectivity index (χ2v) is 6.46. The van der Waals surface area contributed by atoms with Crippen molar-refractivity contribution in [3.63, 3.8) is 0 Å². The molecular formula is C23H21N3O. The number of fused-ring (bicyclic) bond motifs is 1. The Morgan fingerprint density at radius 2 is 2.00 bits per heavy atom. The van der Waals surface area contributed by atoms with E-state index in [0.29, 0.717) is 12.1 Å². The molecule has 1 aromatic heterocycles. The molecule has 2 aliphatic carbocycles. The average molecular weight is 355 g/mol. The van der Waals surface area contributed by atoms with Crippen LogP contribution < -0.4 is 5.32 Å². The molecule has 4 rings (SSSR count). The molecule has 2 aromatic rings. The fourth-order valence-electron chi connectivity index (χ4n) is 3.13. The highest BCUT2D eigenvalue weighted by Gasteiger charge is 2.11. The summed E-state index contributed by atoms with van der Waals surface area (Å²) >= 11 is 0. The maximum Gasteiger partial charge on any atom is 0.251 e. The van der Waals surface area contributed by atoms with E-state index in [9.17, 15) is 4.79 Å². The number of allylic oxidation sites excluding steroid dienone is 10. The molecule has 134 valence electrons. The third-order valence-corrected chi connectivity index (χ3v) is 4.57. The number of carbonyl (C=O) groups excluding carboxylic acids is 1. The lowest BCUT2D eigenvalue weighted by molar-refractivity contribution is 0.0957. The quantitative estimate of drug-likeness (QED) is 0.873. The van der Waals surface area contributed by atoms with Crippen molar-refractivity contribution in [3.8, 4) is 0 Å². The van der Waals surface area contributed by atoms with Crippen LogP contribution >= 0.6 is 0 Å². The number of imidazole rings is 1. The topological polar surface area (TPSA) is 46.9 Å². The monoisotopic (exact) mass is 355 g/mol. The predicted octanol–water partition coefficient (Wildman–Crippen LogP) is 4.57. The smallest absolute Gasteiger partial charge is 0.251 e. The Morgan fingerprint density at radius 1 is 1.07 bits per heavy atom. The van der Waals surface area contributed by atoms with Crippen molar-refractivity contribution in [2.24, 2.45) is 0 Å². The maximum atomic E-state index is 12.5. The Labute approximate surface area is 158 Å². The minimum absolute atomic E-state index is 0.0910. The number of amides is 1. The first-order valence-electron chi connectivity index (χ1n) is 9.12. The van der Waals surface area contributed by atoms with Crippen molar-refractivity contribution in [1.82, 2.24) is 14.9 Å². The van der Waals surface area contributed by atoms with Gasteiger partial charge in [-0.25, -0.2) is 4.98 Å². The van der Waals surface area contributed by atoms with Gasteiger partial charge in [-0.3, -0.25) is 9.36 Å². The first-order chi connectivity index (χ1) is 13.3. The highest BCUT2D eigenvalue weighted by atomic mass is 16.1. The van der Waals surface area contributed by atoms with Crippen LogP contribution in [0.2, 0.25) is 0 Å². The molecule has 4 heteroatoms. The molecule has 4 nitrogen and oxygen atoms in total. The molecular weight excluding hydrogens is 334 g/mol. The third-order valence-electron chi connectivity index (χ3n) is 4.57. The van der Waals surface area contributed by atoms with Gasteiger partial charge in [0, 0.05) is 17.8 Å². The molecule has 27 heavy (non-hydrogen) atoms. The van der Waals surface area contributed by atoms with Gasteiger partial charge in [-0.2, -0.15) is 0 Å². The number of hydrogen-bond acceptors (Lipinski definition) is 2. The van der Waals surface area contributed by atoms with Crippen LogP contribution in [0.1, 0.15) is 23.2 Å². The maximum absolute atomic E-state index is 12.5. The molecule has 0 saturated carbocycles. The normalized spacial score (nSPS) is 16.0. The van der Waals surface area contributed by atoms with Gasteiger partial charge >= 0.3 is 0 Å². The number of benzene rings is 1. The van der Waals surface area contributed by atoms with Crippen molar-refractivity contribution in [2.75, 3.05) is 6.54 Å². The van der Waals surface area contributed by atoms with Crippen molar-refractivity contribution in [2.45, 2.75) is 12.8 Å². The summed E-state index contributed by atoms with van der Waals surface area (Å²) in [6.07, 6.45) is 24.3. The van der Waals surface area contributed by atoms with Gasteiger partial charge in [0.25, 0.3) is 5.91 Å². The van der Waals surface area contributed by atoms with E-state index in [2.05, 4.69) is 40.7 Å². The molecule has 0 bridgehead atoms. The number of aromatic nitrogens is 2. The van der Waals surface area contributed by atoms with E-state index in [-0.39, 0.29) is 5.91 Å². The van der Waals surface area contributed by atoms with Gasteiger partial charge in [-0.15, -0.1) is 0 Å². The van der Waals surface area contributed by atoms with Crippen LogP contribution in [0.5, 0.6) is 0 Å². The summed E-state index contributed by atoms with van der Waals surface area (Å²) in [7, 11) is 0. The van der Waals surface area contributed by atoms with Gasteiger partial charge in [-0.1, -0.05) is 54.7 Å². The van der Waals surface area contributed by atoms with Crippen molar-refractivity contribution < 1.29 is 4.79 Å². The molecule has 0 saturated heterocycles. The van der Waals surface area contributed by atoms with Crippen molar-refractivity contribution in [1.29, 1.82) is 0 Å². The summed E-state index contributed by atoms with van der Waals surface area (Å²) in [5.74, 6) is -0.0910. The van der Waals surface area contributed by atoms with Gasteiger partial charge in [0.05, 0.1) is 11.0 Å². The Morgan fingerprint density at radius 3 is 2.96 bits per heavy atom. The van der Waals surface area contributed by atoms with Crippen LogP contribution in [0, 0.1) is 0 Å². The van der Waals surface area contributed by atoms with Crippen LogP contribution in [0.25, 0.3) is 16.7 Å². The number of nitrogens with one attached hydrogen (secondary N) is 1. The summed E-state index contributed by atoms with van der Waals surface area (Å²) in [4.78, 5) is 17.0. The molecule has 2 aliphatic rings. The molecule has 0 fully saturated rings. The largest absolute Gasteiger partial charge is 0.348 e. The van der Waals surface area contributed by atoms with Crippen molar-refractivity contribution in [3.05, 3.63) is 96.4 Å². The number of carbonyl (C=O) groups is 1. The second kappa shape index (κ2) is 7.87. The van der Waals surface area contributed by atoms with E-state index in [4.69, 9.17) is 0 Å². The fraction of sp³-hybridized carbons (Fsp3) is 0.130. The minimum atomic E-state index is -0.0910. The van der Waals surface area contributed by atoms with E-state index in [1.807, 2.05) is 53.1 Å².